The molecular formula is C15H26N4O2. The molecule has 0 saturated carbocycles. The average Bonchev–Trinajstić information content (AvgIpc) is 2.50. The quantitative estimate of drug-likeness (QED) is 0.824. The highest BCUT2D eigenvalue weighted by Crippen LogP contribution is 2.20. The lowest BCUT2D eigenvalue weighted by atomic mass is 9.93. The van der Waals surface area contributed by atoms with Crippen LogP contribution in [-0.2, 0) is 20.6 Å². The Morgan fingerprint density at radius 1 is 1.19 bits per heavy atom. The van der Waals surface area contributed by atoms with Crippen LogP contribution in [0.25, 0.3) is 0 Å². The van der Waals surface area contributed by atoms with Gasteiger partial charge in [0, 0.05) is 32.4 Å². The fourth-order valence-corrected chi connectivity index (χ4v) is 2.94. The number of likely N-dealkylation sites (tertiary alicyclic amines) is 1. The first-order valence-electron chi connectivity index (χ1n) is 7.65. The highest BCUT2D eigenvalue weighted by atomic mass is 16.2. The van der Waals surface area contributed by atoms with Crippen molar-refractivity contribution in [3.8, 4) is 0 Å². The monoisotopic (exact) mass is 294 g/mol. The van der Waals surface area contributed by atoms with E-state index in [2.05, 4.69) is 10.2 Å². The standard InChI is InChI=1S/C15H26N4O2/c1-16-7-4-12-5-8-19(9-6-12)11-13-10-14(20)18(3)15(21)17(13)2/h10,12,16H,4-9,11H2,1-3H3. The van der Waals surface area contributed by atoms with Crippen LogP contribution >= 0.6 is 0 Å². The summed E-state index contributed by atoms with van der Waals surface area (Å²) in [5.74, 6) is 0.793. The van der Waals surface area contributed by atoms with Gasteiger partial charge in [0.1, 0.15) is 0 Å². The molecule has 118 valence electrons. The Kier molecular flexibility index (Phi) is 5.36. The van der Waals surface area contributed by atoms with E-state index in [1.165, 1.54) is 26.3 Å². The molecule has 2 heterocycles. The van der Waals surface area contributed by atoms with E-state index < -0.39 is 0 Å². The van der Waals surface area contributed by atoms with Crippen LogP contribution in [0.3, 0.4) is 0 Å². The second-order valence-corrected chi connectivity index (χ2v) is 5.99. The Balaban J connectivity index is 1.98. The first-order valence-corrected chi connectivity index (χ1v) is 7.65. The zero-order valence-electron chi connectivity index (χ0n) is 13.3. The number of nitrogens with zero attached hydrogens (tertiary/aromatic N) is 3. The van der Waals surface area contributed by atoms with Gasteiger partial charge in [0.15, 0.2) is 0 Å². The smallest absolute Gasteiger partial charge is 0.320 e. The molecular weight excluding hydrogens is 268 g/mol. The minimum Gasteiger partial charge on any atom is -0.320 e. The lowest BCUT2D eigenvalue weighted by Gasteiger charge is -2.32. The van der Waals surface area contributed by atoms with Crippen LogP contribution in [0.1, 0.15) is 25.0 Å². The number of aromatic nitrogens is 2. The molecule has 0 aromatic carbocycles. The van der Waals surface area contributed by atoms with Crippen molar-refractivity contribution >= 4 is 0 Å². The molecule has 1 aliphatic heterocycles. The predicted octanol–water partition coefficient (Wildman–Crippen LogP) is -0.0945. The molecule has 0 amide bonds. The maximum atomic E-state index is 11.9. The molecule has 1 N–H and O–H groups in total. The first-order chi connectivity index (χ1) is 10.0. The summed E-state index contributed by atoms with van der Waals surface area (Å²) < 4.78 is 2.72. The number of nitrogens with one attached hydrogen (secondary N) is 1. The Morgan fingerprint density at radius 2 is 1.86 bits per heavy atom. The Morgan fingerprint density at radius 3 is 2.48 bits per heavy atom. The van der Waals surface area contributed by atoms with Crippen molar-refractivity contribution in [3.63, 3.8) is 0 Å². The van der Waals surface area contributed by atoms with Crippen molar-refractivity contribution < 1.29 is 0 Å². The molecule has 0 aliphatic carbocycles. The highest BCUT2D eigenvalue weighted by molar-refractivity contribution is 5.02. The van der Waals surface area contributed by atoms with Crippen LogP contribution in [0.4, 0.5) is 0 Å². The molecule has 6 heteroatoms. The summed E-state index contributed by atoms with van der Waals surface area (Å²) in [5, 5.41) is 3.20. The van der Waals surface area contributed by atoms with Gasteiger partial charge in [0.25, 0.3) is 5.56 Å². The molecule has 1 aromatic heterocycles. The fraction of sp³-hybridized carbons (Fsp3) is 0.733. The molecule has 2 rings (SSSR count). The van der Waals surface area contributed by atoms with Gasteiger partial charge in [-0.2, -0.15) is 0 Å². The van der Waals surface area contributed by atoms with E-state index in [9.17, 15) is 9.59 Å². The minimum absolute atomic E-state index is 0.225. The SMILES string of the molecule is CNCCC1CCN(Cc2cc(=O)n(C)c(=O)n2C)CC1. The van der Waals surface area contributed by atoms with E-state index in [1.54, 1.807) is 17.7 Å². The summed E-state index contributed by atoms with van der Waals surface area (Å²) in [6.45, 7) is 3.84. The van der Waals surface area contributed by atoms with Gasteiger partial charge >= 0.3 is 5.69 Å². The van der Waals surface area contributed by atoms with E-state index in [0.717, 1.165) is 35.8 Å². The summed E-state index contributed by atoms with van der Waals surface area (Å²) in [4.78, 5) is 26.0. The fourth-order valence-electron chi connectivity index (χ4n) is 2.94. The van der Waals surface area contributed by atoms with Gasteiger partial charge in [-0.25, -0.2) is 4.79 Å². The third-order valence-electron chi connectivity index (χ3n) is 4.52. The number of piperidine rings is 1. The minimum atomic E-state index is -0.249. The third kappa shape index (κ3) is 3.83. The van der Waals surface area contributed by atoms with Crippen LogP contribution in [0.2, 0.25) is 0 Å². The Hall–Kier alpha value is -1.40. The van der Waals surface area contributed by atoms with E-state index in [0.29, 0.717) is 6.54 Å². The van der Waals surface area contributed by atoms with Crippen molar-refractivity contribution in [1.82, 2.24) is 19.4 Å². The van der Waals surface area contributed by atoms with E-state index >= 15 is 0 Å². The number of hydrogen-bond acceptors (Lipinski definition) is 4. The largest absolute Gasteiger partial charge is 0.330 e. The van der Waals surface area contributed by atoms with E-state index in [4.69, 9.17) is 0 Å². The molecule has 1 saturated heterocycles. The summed E-state index contributed by atoms with van der Waals surface area (Å²) in [6.07, 6.45) is 3.62. The van der Waals surface area contributed by atoms with Gasteiger partial charge in [-0.05, 0) is 51.9 Å². The van der Waals surface area contributed by atoms with Crippen molar-refractivity contribution in [2.24, 2.45) is 20.0 Å². The van der Waals surface area contributed by atoms with Crippen molar-refractivity contribution in [2.75, 3.05) is 26.7 Å². The Labute approximate surface area is 125 Å². The lowest BCUT2D eigenvalue weighted by Crippen LogP contribution is -2.41. The molecule has 0 bridgehead atoms. The molecule has 6 nitrogen and oxygen atoms in total. The lowest BCUT2D eigenvalue weighted by molar-refractivity contribution is 0.168. The Bertz CT molecular complexity index is 582. The molecule has 0 unspecified atom stereocenters. The van der Waals surface area contributed by atoms with Gasteiger partial charge in [0.05, 0.1) is 0 Å². The summed E-state index contributed by atoms with van der Waals surface area (Å²) >= 11 is 0. The maximum absolute atomic E-state index is 11.9. The summed E-state index contributed by atoms with van der Waals surface area (Å²) in [6, 6.07) is 1.58. The van der Waals surface area contributed by atoms with E-state index in [1.807, 2.05) is 7.05 Å². The van der Waals surface area contributed by atoms with Crippen molar-refractivity contribution in [2.45, 2.75) is 25.8 Å². The van der Waals surface area contributed by atoms with Gasteiger partial charge in [0.2, 0.25) is 0 Å². The van der Waals surface area contributed by atoms with Crippen molar-refractivity contribution in [1.29, 1.82) is 0 Å². The van der Waals surface area contributed by atoms with Gasteiger partial charge < -0.3 is 5.32 Å². The predicted molar refractivity (Wildman–Crippen MR) is 83.5 cm³/mol. The second kappa shape index (κ2) is 7.04. The molecule has 0 spiro atoms. The van der Waals surface area contributed by atoms with Crippen LogP contribution in [-0.4, -0.2) is 40.7 Å². The third-order valence-corrected chi connectivity index (χ3v) is 4.52. The van der Waals surface area contributed by atoms with E-state index in [-0.39, 0.29) is 11.2 Å². The first kappa shape index (κ1) is 16.0. The molecule has 0 atom stereocenters. The van der Waals surface area contributed by atoms with Gasteiger partial charge in [-0.3, -0.25) is 18.8 Å². The van der Waals surface area contributed by atoms with Gasteiger partial charge in [-0.15, -0.1) is 0 Å². The second-order valence-electron chi connectivity index (χ2n) is 5.99. The zero-order valence-corrected chi connectivity index (χ0v) is 13.3. The topological polar surface area (TPSA) is 59.3 Å². The molecule has 1 fully saturated rings. The molecule has 1 aliphatic rings. The normalized spacial score (nSPS) is 17.3. The van der Waals surface area contributed by atoms with Crippen LogP contribution < -0.4 is 16.6 Å². The van der Waals surface area contributed by atoms with Crippen LogP contribution in [0.15, 0.2) is 15.7 Å². The molecule has 21 heavy (non-hydrogen) atoms. The molecule has 0 radical (unpaired) electrons. The zero-order chi connectivity index (χ0) is 15.4. The number of hydrogen-bond donors (Lipinski definition) is 1. The van der Waals surface area contributed by atoms with Gasteiger partial charge in [-0.1, -0.05) is 0 Å². The number of rotatable bonds is 5. The highest BCUT2D eigenvalue weighted by Gasteiger charge is 2.19. The van der Waals surface area contributed by atoms with Crippen molar-refractivity contribution in [3.05, 3.63) is 32.6 Å². The average molecular weight is 294 g/mol. The maximum Gasteiger partial charge on any atom is 0.330 e. The molecule has 1 aromatic rings. The van der Waals surface area contributed by atoms with Crippen LogP contribution in [0, 0.1) is 5.92 Å². The van der Waals surface area contributed by atoms with Crippen LogP contribution in [0.5, 0.6) is 0 Å². The summed E-state index contributed by atoms with van der Waals surface area (Å²) in [5.41, 5.74) is 0.329. The summed E-state index contributed by atoms with van der Waals surface area (Å²) in [7, 11) is 5.24.